The van der Waals surface area contributed by atoms with Gasteiger partial charge in [-0.1, -0.05) is 12.2 Å². The quantitative estimate of drug-likeness (QED) is 0.786. The molecule has 1 aromatic heterocycles. The molecule has 0 aromatic carbocycles. The predicted molar refractivity (Wildman–Crippen MR) is 65.3 cm³/mol. The normalized spacial score (nSPS) is 19.3. The van der Waals surface area contributed by atoms with E-state index < -0.39 is 5.97 Å². The highest BCUT2D eigenvalue weighted by molar-refractivity contribution is 5.94. The molecule has 0 radical (unpaired) electrons. The van der Waals surface area contributed by atoms with E-state index >= 15 is 0 Å². The Kier molecular flexibility index (Phi) is 3.17. The van der Waals surface area contributed by atoms with Gasteiger partial charge in [0, 0.05) is 13.1 Å². The zero-order valence-electron chi connectivity index (χ0n) is 10.1. The summed E-state index contributed by atoms with van der Waals surface area (Å²) in [5.74, 6) is -0.320. The van der Waals surface area contributed by atoms with Gasteiger partial charge in [0.05, 0.1) is 5.69 Å². The molecule has 1 aromatic rings. The lowest BCUT2D eigenvalue weighted by Crippen LogP contribution is -2.23. The summed E-state index contributed by atoms with van der Waals surface area (Å²) in [6.45, 7) is 1.72. The number of nitrogens with one attached hydrogen (secondary N) is 1. The third kappa shape index (κ3) is 2.33. The molecule has 1 atom stereocenters. The van der Waals surface area contributed by atoms with Gasteiger partial charge in [0.15, 0.2) is 0 Å². The lowest BCUT2D eigenvalue weighted by atomic mass is 10.0. The SMILES string of the molecule is Cc1nn(C)c(NC2CC=CCC2)c1C(=O)O. The molecule has 1 aliphatic carbocycles. The Morgan fingerprint density at radius 1 is 1.59 bits per heavy atom. The van der Waals surface area contributed by atoms with Crippen LogP contribution in [0.2, 0.25) is 0 Å². The highest BCUT2D eigenvalue weighted by Crippen LogP contribution is 2.22. The number of hydrogen-bond acceptors (Lipinski definition) is 3. The van der Waals surface area contributed by atoms with Gasteiger partial charge in [0.2, 0.25) is 0 Å². The number of carboxylic acids is 1. The minimum atomic E-state index is -0.926. The fraction of sp³-hybridized carbons (Fsp3) is 0.500. The van der Waals surface area contributed by atoms with E-state index in [0.717, 1.165) is 19.3 Å². The van der Waals surface area contributed by atoms with Crippen LogP contribution in [0.25, 0.3) is 0 Å². The third-order valence-corrected chi connectivity index (χ3v) is 3.05. The van der Waals surface area contributed by atoms with Gasteiger partial charge in [0.25, 0.3) is 0 Å². The number of aromatic nitrogens is 2. The lowest BCUT2D eigenvalue weighted by Gasteiger charge is -2.20. The molecule has 5 nitrogen and oxygen atoms in total. The first kappa shape index (κ1) is 11.7. The summed E-state index contributed by atoms with van der Waals surface area (Å²) < 4.78 is 1.61. The molecule has 5 heteroatoms. The molecule has 17 heavy (non-hydrogen) atoms. The fourth-order valence-electron chi connectivity index (χ4n) is 2.20. The van der Waals surface area contributed by atoms with Crippen LogP contribution in [0.3, 0.4) is 0 Å². The molecule has 0 bridgehead atoms. The summed E-state index contributed by atoms with van der Waals surface area (Å²) in [6, 6.07) is 0.299. The van der Waals surface area contributed by atoms with Crippen molar-refractivity contribution in [1.82, 2.24) is 9.78 Å². The molecule has 0 aliphatic heterocycles. The van der Waals surface area contributed by atoms with E-state index in [-0.39, 0.29) is 5.56 Å². The Balaban J connectivity index is 2.25. The smallest absolute Gasteiger partial charge is 0.341 e. The summed E-state index contributed by atoms with van der Waals surface area (Å²) in [5, 5.41) is 16.6. The zero-order chi connectivity index (χ0) is 12.4. The number of aromatic carboxylic acids is 1. The van der Waals surface area contributed by atoms with Gasteiger partial charge in [-0.3, -0.25) is 4.68 Å². The third-order valence-electron chi connectivity index (χ3n) is 3.05. The number of anilines is 1. The molecule has 2 N–H and O–H groups in total. The predicted octanol–water partition coefficient (Wildman–Crippen LogP) is 1.95. The van der Waals surface area contributed by atoms with Crippen molar-refractivity contribution >= 4 is 11.8 Å². The molecule has 0 amide bonds. The van der Waals surface area contributed by atoms with Gasteiger partial charge in [-0.05, 0) is 26.2 Å². The van der Waals surface area contributed by atoms with Gasteiger partial charge in [-0.2, -0.15) is 5.10 Å². The Bertz CT molecular complexity index is 463. The highest BCUT2D eigenvalue weighted by atomic mass is 16.4. The molecule has 0 spiro atoms. The van der Waals surface area contributed by atoms with Crippen molar-refractivity contribution in [1.29, 1.82) is 0 Å². The summed E-state index contributed by atoms with van der Waals surface area (Å²) in [5.41, 5.74) is 0.830. The lowest BCUT2D eigenvalue weighted by molar-refractivity contribution is 0.0697. The molecule has 0 saturated heterocycles. The van der Waals surface area contributed by atoms with Crippen molar-refractivity contribution in [3.05, 3.63) is 23.4 Å². The molecule has 1 aliphatic rings. The van der Waals surface area contributed by atoms with E-state index in [9.17, 15) is 9.90 Å². The van der Waals surface area contributed by atoms with Gasteiger partial charge < -0.3 is 10.4 Å². The summed E-state index contributed by atoms with van der Waals surface area (Å²) >= 11 is 0. The number of hydrogen-bond donors (Lipinski definition) is 2. The molecule has 0 saturated carbocycles. The standard InChI is InChI=1S/C12H17N3O2/c1-8-10(12(16)17)11(15(2)14-8)13-9-6-4-3-5-7-9/h3-4,9,13H,5-7H2,1-2H3,(H,16,17). The van der Waals surface area contributed by atoms with Crippen LogP contribution < -0.4 is 5.32 Å². The van der Waals surface area contributed by atoms with Crippen LogP contribution in [0.1, 0.15) is 35.3 Å². The number of carbonyl (C=O) groups is 1. The molecule has 0 fully saturated rings. The first-order valence-corrected chi connectivity index (χ1v) is 5.78. The highest BCUT2D eigenvalue weighted by Gasteiger charge is 2.21. The first-order chi connectivity index (χ1) is 8.09. The van der Waals surface area contributed by atoms with E-state index in [2.05, 4.69) is 22.6 Å². The van der Waals surface area contributed by atoms with E-state index in [1.165, 1.54) is 0 Å². The van der Waals surface area contributed by atoms with Crippen LogP contribution in [0.5, 0.6) is 0 Å². The maximum atomic E-state index is 11.2. The van der Waals surface area contributed by atoms with Crippen LogP contribution >= 0.6 is 0 Å². The van der Waals surface area contributed by atoms with Gasteiger partial charge in [0.1, 0.15) is 11.4 Å². The topological polar surface area (TPSA) is 67.2 Å². The van der Waals surface area contributed by atoms with E-state index in [1.807, 2.05) is 0 Å². The second kappa shape index (κ2) is 4.61. The van der Waals surface area contributed by atoms with Crippen LogP contribution in [0.4, 0.5) is 5.82 Å². The number of nitrogens with zero attached hydrogens (tertiary/aromatic N) is 2. The molecule has 2 rings (SSSR count). The molecular weight excluding hydrogens is 218 g/mol. The Morgan fingerprint density at radius 3 is 2.94 bits per heavy atom. The number of allylic oxidation sites excluding steroid dienone is 1. The average Bonchev–Trinajstić information content (AvgIpc) is 2.55. The van der Waals surface area contributed by atoms with Gasteiger partial charge in [-0.15, -0.1) is 0 Å². The van der Waals surface area contributed by atoms with Crippen LogP contribution in [-0.2, 0) is 7.05 Å². The van der Waals surface area contributed by atoms with Crippen molar-refractivity contribution in [3.8, 4) is 0 Å². The van der Waals surface area contributed by atoms with Crippen LogP contribution in [0, 0.1) is 6.92 Å². The van der Waals surface area contributed by atoms with Gasteiger partial charge in [-0.25, -0.2) is 4.79 Å². The van der Waals surface area contributed by atoms with Crippen LogP contribution in [0.15, 0.2) is 12.2 Å². The Hall–Kier alpha value is -1.78. The summed E-state index contributed by atoms with van der Waals surface area (Å²) in [4.78, 5) is 11.2. The number of rotatable bonds is 3. The van der Waals surface area contributed by atoms with Crippen molar-refractivity contribution in [2.75, 3.05) is 5.32 Å². The van der Waals surface area contributed by atoms with E-state index in [1.54, 1.807) is 18.7 Å². The molecule has 92 valence electrons. The van der Waals surface area contributed by atoms with Crippen molar-refractivity contribution in [3.63, 3.8) is 0 Å². The van der Waals surface area contributed by atoms with E-state index in [0.29, 0.717) is 17.6 Å². The average molecular weight is 235 g/mol. The van der Waals surface area contributed by atoms with E-state index in [4.69, 9.17) is 0 Å². The summed E-state index contributed by atoms with van der Waals surface area (Å²) in [6.07, 6.45) is 7.29. The Labute approximate surface area is 100 Å². The summed E-state index contributed by atoms with van der Waals surface area (Å²) in [7, 11) is 1.76. The maximum absolute atomic E-state index is 11.2. The monoisotopic (exact) mass is 235 g/mol. The van der Waals surface area contributed by atoms with Gasteiger partial charge >= 0.3 is 5.97 Å². The number of carboxylic acid groups (broad SMARTS) is 1. The minimum Gasteiger partial charge on any atom is -0.477 e. The maximum Gasteiger partial charge on any atom is 0.341 e. The number of aryl methyl sites for hydroxylation is 2. The first-order valence-electron chi connectivity index (χ1n) is 5.78. The van der Waals surface area contributed by atoms with Crippen molar-refractivity contribution < 1.29 is 9.90 Å². The van der Waals surface area contributed by atoms with Crippen molar-refractivity contribution in [2.24, 2.45) is 7.05 Å². The second-order valence-electron chi connectivity index (χ2n) is 4.36. The largest absolute Gasteiger partial charge is 0.477 e. The second-order valence-corrected chi connectivity index (χ2v) is 4.36. The van der Waals surface area contributed by atoms with Crippen molar-refractivity contribution in [2.45, 2.75) is 32.2 Å². The molecule has 1 heterocycles. The Morgan fingerprint density at radius 2 is 2.35 bits per heavy atom. The van der Waals surface area contributed by atoms with Crippen LogP contribution in [-0.4, -0.2) is 26.9 Å². The zero-order valence-corrected chi connectivity index (χ0v) is 10.1. The molecular formula is C12H17N3O2. The fourth-order valence-corrected chi connectivity index (χ4v) is 2.20. The molecule has 1 unspecified atom stereocenters. The minimum absolute atomic E-state index is 0.280.